The van der Waals surface area contributed by atoms with Crippen LogP contribution in [-0.4, -0.2) is 101 Å². The highest BCUT2D eigenvalue weighted by Gasteiger charge is 2.36. The van der Waals surface area contributed by atoms with Crippen LogP contribution < -0.4 is 10.6 Å². The van der Waals surface area contributed by atoms with Crippen molar-refractivity contribution in [2.75, 3.05) is 46.4 Å². The molecule has 0 radical (unpaired) electrons. The third kappa shape index (κ3) is 6.74. The van der Waals surface area contributed by atoms with E-state index in [4.69, 9.17) is 4.74 Å². The highest BCUT2D eigenvalue weighted by molar-refractivity contribution is 5.98. The van der Waals surface area contributed by atoms with Crippen LogP contribution in [0.3, 0.4) is 0 Å². The van der Waals surface area contributed by atoms with Gasteiger partial charge in [0.15, 0.2) is 0 Å². The second kappa shape index (κ2) is 12.8. The lowest BCUT2D eigenvalue weighted by Gasteiger charge is -2.39. The number of methoxy groups -OCH3 is 1. The van der Waals surface area contributed by atoms with Crippen LogP contribution in [0.4, 0.5) is 13.2 Å². The van der Waals surface area contributed by atoms with E-state index in [0.717, 1.165) is 28.0 Å². The van der Waals surface area contributed by atoms with Crippen molar-refractivity contribution in [2.45, 2.75) is 58.5 Å². The topological polar surface area (TPSA) is 104 Å². The van der Waals surface area contributed by atoms with Crippen molar-refractivity contribution < 1.29 is 27.5 Å². The lowest BCUT2D eigenvalue weighted by atomic mass is 9.91. The zero-order valence-corrected chi connectivity index (χ0v) is 25.7. The number of fused-ring (bicyclic) bond motifs is 1. The summed E-state index contributed by atoms with van der Waals surface area (Å²) in [5.41, 5.74) is 5.06. The normalized spacial score (nSPS) is 22.6. The fourth-order valence-electron chi connectivity index (χ4n) is 6.48. The molecule has 3 aromatic heterocycles. The Labute approximate surface area is 254 Å². The van der Waals surface area contributed by atoms with Gasteiger partial charge in [-0.1, -0.05) is 0 Å². The molecular formula is C31H40F3N7O3. The molecule has 0 saturated carbocycles. The van der Waals surface area contributed by atoms with Crippen molar-refractivity contribution >= 4 is 17.3 Å². The van der Waals surface area contributed by atoms with Crippen LogP contribution in [0, 0.1) is 19.8 Å². The van der Waals surface area contributed by atoms with E-state index in [9.17, 15) is 22.8 Å². The molecule has 13 heteroatoms. The molecule has 3 aromatic rings. The summed E-state index contributed by atoms with van der Waals surface area (Å²) >= 11 is 0. The van der Waals surface area contributed by atoms with Gasteiger partial charge in [0, 0.05) is 74.9 Å². The van der Waals surface area contributed by atoms with Gasteiger partial charge in [-0.15, -0.1) is 0 Å². The van der Waals surface area contributed by atoms with Gasteiger partial charge in [0.2, 0.25) is 5.91 Å². The largest absolute Gasteiger partial charge is 0.401 e. The van der Waals surface area contributed by atoms with Gasteiger partial charge in [-0.2, -0.15) is 23.4 Å². The molecule has 44 heavy (non-hydrogen) atoms. The first-order valence-corrected chi connectivity index (χ1v) is 15.0. The second-order valence-corrected chi connectivity index (χ2v) is 12.0. The number of hydrogen-bond acceptors (Lipinski definition) is 7. The Morgan fingerprint density at radius 3 is 2.52 bits per heavy atom. The van der Waals surface area contributed by atoms with Gasteiger partial charge < -0.3 is 19.8 Å². The second-order valence-electron chi connectivity index (χ2n) is 12.0. The predicted octanol–water partition coefficient (Wildman–Crippen LogP) is 3.52. The van der Waals surface area contributed by atoms with Crippen LogP contribution in [0.25, 0.3) is 16.8 Å². The minimum absolute atomic E-state index is 0.0129. The van der Waals surface area contributed by atoms with Crippen LogP contribution in [0.1, 0.15) is 53.6 Å². The number of nitrogens with zero attached hydrogens (tertiary/aromatic N) is 5. The van der Waals surface area contributed by atoms with Gasteiger partial charge in [0.1, 0.15) is 0 Å². The minimum atomic E-state index is -4.24. The molecule has 2 aliphatic heterocycles. The Balaban J connectivity index is 1.48. The van der Waals surface area contributed by atoms with Crippen molar-refractivity contribution in [2.24, 2.45) is 5.92 Å². The quantitative estimate of drug-likeness (QED) is 0.400. The summed E-state index contributed by atoms with van der Waals surface area (Å²) in [7, 11) is 1.57. The van der Waals surface area contributed by atoms with E-state index in [1.807, 2.05) is 62.6 Å². The molecule has 2 N–H and O–H groups in total. The van der Waals surface area contributed by atoms with Crippen molar-refractivity contribution in [1.29, 1.82) is 0 Å². The van der Waals surface area contributed by atoms with E-state index in [0.29, 0.717) is 43.9 Å². The van der Waals surface area contributed by atoms with E-state index >= 15 is 0 Å². The number of alkyl halides is 3. The third-order valence-electron chi connectivity index (χ3n) is 8.87. The van der Waals surface area contributed by atoms with Gasteiger partial charge in [0.05, 0.1) is 35.5 Å². The molecule has 5 rings (SSSR count). The minimum Gasteiger partial charge on any atom is -0.380 e. The Kier molecular flexibility index (Phi) is 9.28. The highest BCUT2D eigenvalue weighted by Crippen LogP contribution is 2.33. The highest BCUT2D eigenvalue weighted by atomic mass is 19.4. The first-order valence-electron chi connectivity index (χ1n) is 15.0. The molecule has 2 saturated heterocycles. The molecule has 0 bridgehead atoms. The maximum absolute atomic E-state index is 13.8. The van der Waals surface area contributed by atoms with Crippen LogP contribution in [0.5, 0.6) is 0 Å². The summed E-state index contributed by atoms with van der Waals surface area (Å²) in [4.78, 5) is 30.1. The fourth-order valence-corrected chi connectivity index (χ4v) is 6.48. The molecule has 2 aliphatic rings. The van der Waals surface area contributed by atoms with Crippen LogP contribution in [0.2, 0.25) is 0 Å². The number of pyridine rings is 1. The molecule has 4 atom stereocenters. The maximum atomic E-state index is 13.8. The molecule has 0 spiro atoms. The molecule has 0 aromatic carbocycles. The molecule has 5 heterocycles. The number of piperazine rings is 1. The van der Waals surface area contributed by atoms with Crippen LogP contribution >= 0.6 is 0 Å². The van der Waals surface area contributed by atoms with Crippen molar-refractivity contribution in [1.82, 2.24) is 35.0 Å². The summed E-state index contributed by atoms with van der Waals surface area (Å²) < 4.78 is 46.6. The number of ether oxygens (including phenoxy) is 1. The SMILES string of the molecule is COC1CC(C)NC(=O)C1CNC(=O)c1cc2c(-c3ccc(C)nn3)ccn2c([C@@H](C)N2CCN(CC(F)(F)F)CC2)c1C. The number of nitrogens with one attached hydrogen (secondary N) is 2. The van der Waals surface area contributed by atoms with Gasteiger partial charge in [-0.25, -0.2) is 0 Å². The van der Waals surface area contributed by atoms with Crippen LogP contribution in [-0.2, 0) is 9.53 Å². The number of amides is 2. The lowest BCUT2D eigenvalue weighted by molar-refractivity contribution is -0.149. The zero-order valence-electron chi connectivity index (χ0n) is 25.7. The van der Waals surface area contributed by atoms with E-state index in [2.05, 4.69) is 25.7 Å². The van der Waals surface area contributed by atoms with Crippen molar-refractivity contribution in [3.8, 4) is 11.3 Å². The molecule has 2 fully saturated rings. The number of carbonyl (C=O) groups is 2. The average molecular weight is 616 g/mol. The first-order chi connectivity index (χ1) is 20.9. The maximum Gasteiger partial charge on any atom is 0.401 e. The number of aromatic nitrogens is 3. The summed E-state index contributed by atoms with van der Waals surface area (Å²) in [5.74, 6) is -1.01. The number of halogens is 3. The first kappa shape index (κ1) is 31.9. The molecular weight excluding hydrogens is 575 g/mol. The summed E-state index contributed by atoms with van der Waals surface area (Å²) in [6.45, 7) is 8.39. The van der Waals surface area contributed by atoms with Gasteiger partial charge in [0.25, 0.3) is 5.91 Å². The predicted molar refractivity (Wildman–Crippen MR) is 159 cm³/mol. The Morgan fingerprint density at radius 2 is 1.89 bits per heavy atom. The summed E-state index contributed by atoms with van der Waals surface area (Å²) in [5, 5.41) is 14.5. The van der Waals surface area contributed by atoms with E-state index in [1.165, 1.54) is 4.90 Å². The van der Waals surface area contributed by atoms with Gasteiger partial charge >= 0.3 is 6.18 Å². The van der Waals surface area contributed by atoms with E-state index in [-0.39, 0.29) is 36.5 Å². The fraction of sp³-hybridized carbons (Fsp3) is 0.548. The zero-order chi connectivity index (χ0) is 31.8. The Hall–Kier alpha value is -3.55. The third-order valence-corrected chi connectivity index (χ3v) is 8.87. The van der Waals surface area contributed by atoms with E-state index in [1.54, 1.807) is 7.11 Å². The molecule has 238 valence electrons. The van der Waals surface area contributed by atoms with E-state index < -0.39 is 18.6 Å². The molecule has 0 aliphatic carbocycles. The molecule has 10 nitrogen and oxygen atoms in total. The van der Waals surface area contributed by atoms with Crippen LogP contribution in [0.15, 0.2) is 30.5 Å². The summed E-state index contributed by atoms with van der Waals surface area (Å²) in [6, 6.07) is 7.31. The number of aryl methyl sites for hydroxylation is 1. The Bertz CT molecular complexity index is 1500. The van der Waals surface area contributed by atoms with Gasteiger partial charge in [-0.05, 0) is 63.9 Å². The summed E-state index contributed by atoms with van der Waals surface area (Å²) in [6.07, 6.45) is -1.97. The standard InChI is InChI=1S/C31H40F3N7O3/c1-18-6-7-25(38-37-18)22-8-9-41-26(22)15-23(29(42)35-16-24-27(44-5)14-19(2)36-30(24)43)20(3)28(41)21(4)40-12-10-39(11-13-40)17-31(32,33)34/h6-9,15,19,21,24,27H,10-14,16-17H2,1-5H3,(H,35,42)(H,36,43)/t19?,21-,24?,27?/m1/s1. The van der Waals surface area contributed by atoms with Crippen molar-refractivity contribution in [3.63, 3.8) is 0 Å². The smallest absolute Gasteiger partial charge is 0.380 e. The molecule has 2 amide bonds. The number of hydrogen-bond donors (Lipinski definition) is 2. The molecule has 3 unspecified atom stereocenters. The lowest BCUT2D eigenvalue weighted by Crippen LogP contribution is -2.53. The Morgan fingerprint density at radius 1 is 1.16 bits per heavy atom. The van der Waals surface area contributed by atoms with Crippen molar-refractivity contribution in [3.05, 3.63) is 53.0 Å². The van der Waals surface area contributed by atoms with Gasteiger partial charge in [-0.3, -0.25) is 19.4 Å². The number of piperidine rings is 1. The monoisotopic (exact) mass is 615 g/mol. The average Bonchev–Trinajstić information content (AvgIpc) is 3.39. The number of carbonyl (C=O) groups excluding carboxylic acids is 2. The number of rotatable bonds is 8.